The summed E-state index contributed by atoms with van der Waals surface area (Å²) < 4.78 is 13.2. The average Bonchev–Trinajstić information content (AvgIpc) is 3.16. The Morgan fingerprint density at radius 2 is 2.06 bits per heavy atom. The van der Waals surface area contributed by atoms with Crippen LogP contribution in [0.4, 0.5) is 5.69 Å². The molecular weight excluding hydrogens is 448 g/mol. The van der Waals surface area contributed by atoms with Crippen LogP contribution in [0.15, 0.2) is 54.2 Å². The van der Waals surface area contributed by atoms with Gasteiger partial charge in [0.05, 0.1) is 12.9 Å². The number of carbonyl (C=O) groups excluding carboxylic acids is 1. The van der Waals surface area contributed by atoms with Crippen LogP contribution in [-0.2, 0) is 17.9 Å². The molecule has 0 radical (unpaired) electrons. The van der Waals surface area contributed by atoms with Crippen molar-refractivity contribution < 1.29 is 14.3 Å². The summed E-state index contributed by atoms with van der Waals surface area (Å²) in [4.78, 5) is 12.4. The fraction of sp³-hybridized carbons (Fsp3) is 0.261. The highest BCUT2D eigenvalue weighted by Crippen LogP contribution is 2.29. The van der Waals surface area contributed by atoms with Crippen LogP contribution in [0.2, 0.25) is 5.02 Å². The number of hydrogen-bond acceptors (Lipinski definition) is 6. The molecule has 0 saturated heterocycles. The Morgan fingerprint density at radius 3 is 2.81 bits per heavy atom. The summed E-state index contributed by atoms with van der Waals surface area (Å²) in [5.41, 5.74) is 2.60. The van der Waals surface area contributed by atoms with E-state index in [0.29, 0.717) is 39.7 Å². The minimum atomic E-state index is -0.157. The Labute approximate surface area is 196 Å². The minimum Gasteiger partial charge on any atom is -0.493 e. The van der Waals surface area contributed by atoms with E-state index in [1.54, 1.807) is 25.3 Å². The van der Waals surface area contributed by atoms with E-state index in [9.17, 15) is 4.79 Å². The molecule has 3 aromatic rings. The predicted octanol–water partition coefficient (Wildman–Crippen LogP) is 5.05. The number of methoxy groups -OCH3 is 1. The number of allylic oxidation sites excluding steroid dienone is 1. The molecule has 0 aliphatic rings. The number of halogens is 1. The number of aromatic nitrogens is 3. The van der Waals surface area contributed by atoms with Crippen LogP contribution >= 0.6 is 23.4 Å². The summed E-state index contributed by atoms with van der Waals surface area (Å²) in [6.45, 7) is 8.35. The zero-order valence-electron chi connectivity index (χ0n) is 18.2. The lowest BCUT2D eigenvalue weighted by Gasteiger charge is -2.12. The van der Waals surface area contributed by atoms with Crippen molar-refractivity contribution >= 4 is 35.0 Å². The van der Waals surface area contributed by atoms with Crippen molar-refractivity contribution in [1.82, 2.24) is 14.8 Å². The third kappa shape index (κ3) is 5.83. The standard InChI is InChI=1S/C23H25ClN4O3S/c1-5-11-28-21(13-31-19-10-9-15(2)12-20(19)30-4)26-27-23(28)32-14-22(29)25-18-8-6-7-17(24)16(18)3/h5-10,12H,1,11,13-14H2,2-4H3,(H,25,29). The molecule has 0 saturated carbocycles. The number of hydrogen-bond donors (Lipinski definition) is 1. The molecule has 168 valence electrons. The van der Waals surface area contributed by atoms with Crippen molar-refractivity contribution in [2.45, 2.75) is 32.2 Å². The highest BCUT2D eigenvalue weighted by molar-refractivity contribution is 7.99. The van der Waals surface area contributed by atoms with Gasteiger partial charge in [0.1, 0.15) is 6.61 Å². The number of anilines is 1. The van der Waals surface area contributed by atoms with Crippen LogP contribution in [0.3, 0.4) is 0 Å². The summed E-state index contributed by atoms with van der Waals surface area (Å²) >= 11 is 7.41. The molecule has 2 aromatic carbocycles. The molecule has 0 spiro atoms. The second-order valence-electron chi connectivity index (χ2n) is 6.99. The summed E-state index contributed by atoms with van der Waals surface area (Å²) in [6, 6.07) is 11.1. The van der Waals surface area contributed by atoms with Gasteiger partial charge in [0.15, 0.2) is 22.5 Å². The molecule has 1 heterocycles. The molecule has 1 amide bonds. The van der Waals surface area contributed by atoms with Crippen molar-refractivity contribution in [3.63, 3.8) is 0 Å². The van der Waals surface area contributed by atoms with Gasteiger partial charge in [-0.1, -0.05) is 41.6 Å². The third-order valence-electron chi connectivity index (χ3n) is 4.66. The largest absolute Gasteiger partial charge is 0.493 e. The lowest BCUT2D eigenvalue weighted by molar-refractivity contribution is -0.113. The third-order valence-corrected chi connectivity index (χ3v) is 6.03. The van der Waals surface area contributed by atoms with E-state index in [1.165, 1.54) is 11.8 Å². The zero-order chi connectivity index (χ0) is 23.1. The van der Waals surface area contributed by atoms with E-state index in [0.717, 1.165) is 11.1 Å². The molecule has 0 fully saturated rings. The van der Waals surface area contributed by atoms with Gasteiger partial charge in [-0.15, -0.1) is 16.8 Å². The van der Waals surface area contributed by atoms with Gasteiger partial charge >= 0.3 is 0 Å². The number of ether oxygens (including phenoxy) is 2. The van der Waals surface area contributed by atoms with E-state index >= 15 is 0 Å². The van der Waals surface area contributed by atoms with E-state index in [1.807, 2.05) is 42.7 Å². The fourth-order valence-electron chi connectivity index (χ4n) is 2.94. The summed E-state index contributed by atoms with van der Waals surface area (Å²) in [6.07, 6.45) is 1.75. The summed E-state index contributed by atoms with van der Waals surface area (Å²) in [5, 5.41) is 12.6. The number of aryl methyl sites for hydroxylation is 1. The first-order valence-corrected chi connectivity index (χ1v) is 11.3. The van der Waals surface area contributed by atoms with Gasteiger partial charge in [0, 0.05) is 17.3 Å². The van der Waals surface area contributed by atoms with Crippen molar-refractivity contribution in [2.75, 3.05) is 18.2 Å². The normalized spacial score (nSPS) is 10.6. The first kappa shape index (κ1) is 23.7. The molecule has 0 unspecified atom stereocenters. The lowest BCUT2D eigenvalue weighted by atomic mass is 10.2. The maximum Gasteiger partial charge on any atom is 0.234 e. The number of carbonyl (C=O) groups is 1. The molecule has 3 rings (SSSR count). The van der Waals surface area contributed by atoms with Crippen LogP contribution < -0.4 is 14.8 Å². The molecule has 0 bridgehead atoms. The van der Waals surface area contributed by atoms with E-state index in [2.05, 4.69) is 22.1 Å². The minimum absolute atomic E-state index is 0.157. The number of thioether (sulfide) groups is 1. The van der Waals surface area contributed by atoms with Crippen LogP contribution in [0.5, 0.6) is 11.5 Å². The molecule has 1 aromatic heterocycles. The molecular formula is C23H25ClN4O3S. The van der Waals surface area contributed by atoms with Gasteiger partial charge in [0.25, 0.3) is 0 Å². The average molecular weight is 473 g/mol. The lowest BCUT2D eigenvalue weighted by Crippen LogP contribution is -2.15. The maximum absolute atomic E-state index is 12.4. The van der Waals surface area contributed by atoms with E-state index in [-0.39, 0.29) is 18.3 Å². The van der Waals surface area contributed by atoms with Gasteiger partial charge in [-0.2, -0.15) is 0 Å². The van der Waals surface area contributed by atoms with Crippen LogP contribution in [0.1, 0.15) is 17.0 Å². The number of nitrogens with one attached hydrogen (secondary N) is 1. The Balaban J connectivity index is 1.66. The molecule has 0 aliphatic carbocycles. The van der Waals surface area contributed by atoms with Gasteiger partial charge in [0.2, 0.25) is 5.91 Å². The molecule has 0 aliphatic heterocycles. The Kier molecular flexibility index (Phi) is 8.19. The summed E-state index contributed by atoms with van der Waals surface area (Å²) in [5.74, 6) is 1.92. The van der Waals surface area contributed by atoms with Crippen molar-refractivity contribution in [3.05, 3.63) is 71.0 Å². The van der Waals surface area contributed by atoms with Crippen molar-refractivity contribution in [3.8, 4) is 11.5 Å². The Bertz CT molecular complexity index is 1120. The monoisotopic (exact) mass is 472 g/mol. The SMILES string of the molecule is C=CCn1c(COc2ccc(C)cc2OC)nnc1SCC(=O)Nc1cccc(Cl)c1C. The molecule has 1 N–H and O–H groups in total. The van der Waals surface area contributed by atoms with Crippen LogP contribution in [0, 0.1) is 13.8 Å². The van der Waals surface area contributed by atoms with Gasteiger partial charge < -0.3 is 14.8 Å². The number of amides is 1. The van der Waals surface area contributed by atoms with Crippen molar-refractivity contribution in [2.24, 2.45) is 0 Å². The van der Waals surface area contributed by atoms with Gasteiger partial charge in [-0.05, 0) is 49.2 Å². The predicted molar refractivity (Wildman–Crippen MR) is 128 cm³/mol. The quantitative estimate of drug-likeness (QED) is 0.328. The second kappa shape index (κ2) is 11.1. The molecule has 7 nitrogen and oxygen atoms in total. The first-order valence-electron chi connectivity index (χ1n) is 9.91. The number of benzene rings is 2. The van der Waals surface area contributed by atoms with Gasteiger partial charge in [-0.25, -0.2) is 0 Å². The first-order chi connectivity index (χ1) is 15.4. The Hall–Kier alpha value is -2.97. The highest BCUT2D eigenvalue weighted by atomic mass is 35.5. The second-order valence-corrected chi connectivity index (χ2v) is 8.34. The Morgan fingerprint density at radius 1 is 1.25 bits per heavy atom. The number of nitrogens with zero attached hydrogens (tertiary/aromatic N) is 3. The highest BCUT2D eigenvalue weighted by Gasteiger charge is 2.16. The topological polar surface area (TPSA) is 78.3 Å². The molecule has 32 heavy (non-hydrogen) atoms. The molecule has 0 atom stereocenters. The maximum atomic E-state index is 12.4. The van der Waals surface area contributed by atoms with Crippen molar-refractivity contribution in [1.29, 1.82) is 0 Å². The number of rotatable bonds is 10. The summed E-state index contributed by atoms with van der Waals surface area (Å²) in [7, 11) is 1.60. The van der Waals surface area contributed by atoms with E-state index in [4.69, 9.17) is 21.1 Å². The van der Waals surface area contributed by atoms with Crippen LogP contribution in [0.25, 0.3) is 0 Å². The smallest absolute Gasteiger partial charge is 0.234 e. The fourth-order valence-corrected chi connectivity index (χ4v) is 3.88. The van der Waals surface area contributed by atoms with E-state index < -0.39 is 0 Å². The zero-order valence-corrected chi connectivity index (χ0v) is 19.8. The van der Waals surface area contributed by atoms with Gasteiger partial charge in [-0.3, -0.25) is 9.36 Å². The van der Waals surface area contributed by atoms with Crippen LogP contribution in [-0.4, -0.2) is 33.5 Å². The molecule has 9 heteroatoms.